The Morgan fingerprint density at radius 3 is 2.28 bits per heavy atom. The summed E-state index contributed by atoms with van der Waals surface area (Å²) in [7, 11) is 1.63. The van der Waals surface area contributed by atoms with E-state index in [0.717, 1.165) is 12.8 Å². The molecule has 1 N–H and O–H groups in total. The highest BCUT2D eigenvalue weighted by Crippen LogP contribution is 2.44. The molecule has 4 heteroatoms. The standard InChI is InChI=1S/C14H25NO3/c1-9(2)12-7-6-10(3)8-14(12,13(17)18)15(5)11(4)16/h9-10,12H,6-8H2,1-5H3,(H,17,18). The van der Waals surface area contributed by atoms with Crippen LogP contribution in [0.25, 0.3) is 0 Å². The van der Waals surface area contributed by atoms with E-state index in [-0.39, 0.29) is 17.7 Å². The number of nitrogens with zero attached hydrogens (tertiary/aromatic N) is 1. The number of likely N-dealkylation sites (N-methyl/N-ethyl adjacent to an activating group) is 1. The summed E-state index contributed by atoms with van der Waals surface area (Å²) >= 11 is 0. The fourth-order valence-electron chi connectivity index (χ4n) is 3.43. The normalized spacial score (nSPS) is 32.3. The average molecular weight is 255 g/mol. The van der Waals surface area contributed by atoms with Gasteiger partial charge in [0.25, 0.3) is 0 Å². The first kappa shape index (κ1) is 15.0. The fourth-order valence-corrected chi connectivity index (χ4v) is 3.43. The Bertz CT molecular complexity index is 340. The van der Waals surface area contributed by atoms with Gasteiger partial charge < -0.3 is 10.0 Å². The van der Waals surface area contributed by atoms with Crippen LogP contribution in [0.5, 0.6) is 0 Å². The second kappa shape index (κ2) is 5.29. The molecule has 104 valence electrons. The number of aliphatic carboxylic acids is 1. The molecule has 0 aliphatic heterocycles. The highest BCUT2D eigenvalue weighted by molar-refractivity contribution is 5.86. The van der Waals surface area contributed by atoms with E-state index in [4.69, 9.17) is 0 Å². The zero-order valence-electron chi connectivity index (χ0n) is 12.1. The van der Waals surface area contributed by atoms with Crippen LogP contribution in [0.15, 0.2) is 0 Å². The molecule has 18 heavy (non-hydrogen) atoms. The number of carboxylic acid groups (broad SMARTS) is 1. The lowest BCUT2D eigenvalue weighted by atomic mass is 9.64. The molecular weight excluding hydrogens is 230 g/mol. The van der Waals surface area contributed by atoms with Gasteiger partial charge in [-0.15, -0.1) is 0 Å². The van der Waals surface area contributed by atoms with Gasteiger partial charge in [0, 0.05) is 14.0 Å². The first-order chi connectivity index (χ1) is 8.23. The van der Waals surface area contributed by atoms with Crippen LogP contribution in [0, 0.1) is 17.8 Å². The lowest BCUT2D eigenvalue weighted by Crippen LogP contribution is -2.63. The second-order valence-electron chi connectivity index (χ2n) is 6.04. The lowest BCUT2D eigenvalue weighted by Gasteiger charge is -2.49. The number of carbonyl (C=O) groups excluding carboxylic acids is 1. The molecule has 0 saturated heterocycles. The van der Waals surface area contributed by atoms with Crippen molar-refractivity contribution in [3.8, 4) is 0 Å². The molecule has 1 rings (SSSR count). The Morgan fingerprint density at radius 1 is 1.33 bits per heavy atom. The SMILES string of the molecule is CC(=O)N(C)C1(C(=O)O)CC(C)CCC1C(C)C. The molecule has 0 bridgehead atoms. The summed E-state index contributed by atoms with van der Waals surface area (Å²) in [5, 5.41) is 9.75. The molecular formula is C14H25NO3. The number of hydrogen-bond donors (Lipinski definition) is 1. The van der Waals surface area contributed by atoms with Crippen LogP contribution in [-0.4, -0.2) is 34.5 Å². The summed E-state index contributed by atoms with van der Waals surface area (Å²) in [6, 6.07) is 0. The largest absolute Gasteiger partial charge is 0.479 e. The molecule has 0 aromatic rings. The molecule has 1 saturated carbocycles. The summed E-state index contributed by atoms with van der Waals surface area (Å²) in [4.78, 5) is 25.0. The Hall–Kier alpha value is -1.06. The van der Waals surface area contributed by atoms with Gasteiger partial charge in [-0.25, -0.2) is 4.79 Å². The molecule has 0 spiro atoms. The molecule has 4 nitrogen and oxygen atoms in total. The van der Waals surface area contributed by atoms with Gasteiger partial charge in [-0.2, -0.15) is 0 Å². The molecule has 0 radical (unpaired) electrons. The summed E-state index contributed by atoms with van der Waals surface area (Å²) in [5.74, 6) is -0.393. The smallest absolute Gasteiger partial charge is 0.329 e. The van der Waals surface area contributed by atoms with Gasteiger partial charge in [0.2, 0.25) is 5.91 Å². The minimum Gasteiger partial charge on any atom is -0.479 e. The van der Waals surface area contributed by atoms with Crippen molar-refractivity contribution in [1.29, 1.82) is 0 Å². The van der Waals surface area contributed by atoms with Gasteiger partial charge in [-0.3, -0.25) is 4.79 Å². The first-order valence-corrected chi connectivity index (χ1v) is 6.71. The first-order valence-electron chi connectivity index (χ1n) is 6.71. The number of rotatable bonds is 3. The van der Waals surface area contributed by atoms with Crippen LogP contribution in [-0.2, 0) is 9.59 Å². The molecule has 1 amide bonds. The van der Waals surface area contributed by atoms with Gasteiger partial charge in [0.15, 0.2) is 0 Å². The second-order valence-corrected chi connectivity index (χ2v) is 6.04. The van der Waals surface area contributed by atoms with Gasteiger partial charge in [0.05, 0.1) is 0 Å². The third kappa shape index (κ3) is 2.38. The predicted octanol–water partition coefficient (Wildman–Crippen LogP) is 2.38. The van der Waals surface area contributed by atoms with Crippen molar-refractivity contribution in [3.05, 3.63) is 0 Å². The lowest BCUT2D eigenvalue weighted by molar-refractivity contribution is -0.167. The van der Waals surface area contributed by atoms with Crippen molar-refractivity contribution in [3.63, 3.8) is 0 Å². The van der Waals surface area contributed by atoms with Gasteiger partial charge in [-0.05, 0) is 30.6 Å². The van der Waals surface area contributed by atoms with Crippen LogP contribution in [0.1, 0.15) is 47.0 Å². The topological polar surface area (TPSA) is 57.6 Å². The monoisotopic (exact) mass is 255 g/mol. The Balaban J connectivity index is 3.25. The maximum Gasteiger partial charge on any atom is 0.329 e. The van der Waals surface area contributed by atoms with Crippen LogP contribution >= 0.6 is 0 Å². The maximum atomic E-state index is 11.9. The molecule has 3 unspecified atom stereocenters. The van der Waals surface area contributed by atoms with Crippen molar-refractivity contribution >= 4 is 11.9 Å². The van der Waals surface area contributed by atoms with E-state index in [1.807, 2.05) is 13.8 Å². The van der Waals surface area contributed by atoms with Crippen molar-refractivity contribution in [2.24, 2.45) is 17.8 Å². The third-order valence-corrected chi connectivity index (χ3v) is 4.49. The van der Waals surface area contributed by atoms with Crippen LogP contribution in [0.3, 0.4) is 0 Å². The third-order valence-electron chi connectivity index (χ3n) is 4.49. The summed E-state index contributed by atoms with van der Waals surface area (Å²) < 4.78 is 0. The zero-order chi connectivity index (χ0) is 14.1. The quantitative estimate of drug-likeness (QED) is 0.842. The van der Waals surface area contributed by atoms with Crippen molar-refractivity contribution in [2.45, 2.75) is 52.5 Å². The number of carbonyl (C=O) groups is 2. The highest BCUT2D eigenvalue weighted by Gasteiger charge is 2.53. The number of amides is 1. The Labute approximate surface area is 109 Å². The van der Waals surface area contributed by atoms with Gasteiger partial charge in [-0.1, -0.05) is 27.2 Å². The minimum absolute atomic E-state index is 0.0279. The summed E-state index contributed by atoms with van der Waals surface area (Å²) in [6.07, 6.45) is 2.48. The molecule has 0 heterocycles. The molecule has 0 aromatic heterocycles. The maximum absolute atomic E-state index is 11.9. The fraction of sp³-hybridized carbons (Fsp3) is 0.857. The van der Waals surface area contributed by atoms with E-state index in [1.165, 1.54) is 11.8 Å². The van der Waals surface area contributed by atoms with E-state index in [9.17, 15) is 14.7 Å². The highest BCUT2D eigenvalue weighted by atomic mass is 16.4. The molecule has 3 atom stereocenters. The van der Waals surface area contributed by atoms with E-state index < -0.39 is 11.5 Å². The van der Waals surface area contributed by atoms with Crippen LogP contribution < -0.4 is 0 Å². The Kier molecular flexibility index (Phi) is 4.41. The summed E-state index contributed by atoms with van der Waals surface area (Å²) in [6.45, 7) is 7.61. The van der Waals surface area contributed by atoms with E-state index in [0.29, 0.717) is 12.3 Å². The van der Waals surface area contributed by atoms with Crippen LogP contribution in [0.4, 0.5) is 0 Å². The van der Waals surface area contributed by atoms with E-state index in [1.54, 1.807) is 7.05 Å². The van der Waals surface area contributed by atoms with Crippen LogP contribution in [0.2, 0.25) is 0 Å². The van der Waals surface area contributed by atoms with Gasteiger partial charge >= 0.3 is 5.97 Å². The van der Waals surface area contributed by atoms with E-state index in [2.05, 4.69) is 6.92 Å². The van der Waals surface area contributed by atoms with Gasteiger partial charge in [0.1, 0.15) is 5.54 Å². The predicted molar refractivity (Wildman–Crippen MR) is 70.2 cm³/mol. The van der Waals surface area contributed by atoms with Crippen molar-refractivity contribution in [2.75, 3.05) is 7.05 Å². The molecule has 1 aliphatic carbocycles. The number of hydrogen-bond acceptors (Lipinski definition) is 2. The van der Waals surface area contributed by atoms with Crippen molar-refractivity contribution < 1.29 is 14.7 Å². The molecule has 0 aromatic carbocycles. The molecule has 1 aliphatic rings. The average Bonchev–Trinajstić information content (AvgIpc) is 2.26. The minimum atomic E-state index is -1.03. The molecule has 1 fully saturated rings. The summed E-state index contributed by atoms with van der Waals surface area (Å²) in [5.41, 5.74) is -1.03. The van der Waals surface area contributed by atoms with Crippen molar-refractivity contribution in [1.82, 2.24) is 4.90 Å². The Morgan fingerprint density at radius 2 is 1.89 bits per heavy atom. The zero-order valence-corrected chi connectivity index (χ0v) is 12.1. The van der Waals surface area contributed by atoms with E-state index >= 15 is 0 Å². The number of carboxylic acids is 1.